The van der Waals surface area contributed by atoms with Crippen LogP contribution in [-0.4, -0.2) is 133 Å². The quantitative estimate of drug-likeness (QED) is 0.319. The fourth-order valence-corrected chi connectivity index (χ4v) is 5.50. The third kappa shape index (κ3) is 9.30. The average molecular weight is 564 g/mol. The highest BCUT2D eigenvalue weighted by Crippen LogP contribution is 2.08. The summed E-state index contributed by atoms with van der Waals surface area (Å²) in [5.41, 5.74) is 0. The molecule has 0 aromatic heterocycles. The summed E-state index contributed by atoms with van der Waals surface area (Å²) < 4.78 is 5.11. The molecule has 0 N–H and O–H groups in total. The van der Waals surface area contributed by atoms with Gasteiger partial charge in [0, 0.05) is 39.0 Å². The lowest BCUT2D eigenvalue weighted by Crippen LogP contribution is -3.00. The molecule has 0 radical (unpaired) electrons. The summed E-state index contributed by atoms with van der Waals surface area (Å²) in [7, 11) is 0. The number of rotatable bonds is 4. The molecule has 0 aromatic carbocycles. The molecule has 4 aliphatic heterocycles. The maximum atomic E-state index is 2.75. The van der Waals surface area contributed by atoms with Crippen LogP contribution in [0, 0.1) is 0 Å². The number of fused-ring (bicyclic) bond motifs is 2. The van der Waals surface area contributed by atoms with Crippen molar-refractivity contribution in [3.63, 3.8) is 0 Å². The van der Waals surface area contributed by atoms with E-state index >= 15 is 0 Å². The predicted octanol–water partition coefficient (Wildman–Crippen LogP) is -4.93. The van der Waals surface area contributed by atoms with E-state index in [1.165, 1.54) is 137 Å². The Kier molecular flexibility index (Phi) is 13.0. The fourth-order valence-electron chi connectivity index (χ4n) is 5.50. The van der Waals surface area contributed by atoms with Gasteiger partial charge in [-0.25, -0.2) is 0 Å². The molecule has 31 heavy (non-hydrogen) atoms. The third-order valence-electron chi connectivity index (χ3n) is 7.06. The highest BCUT2D eigenvalue weighted by atomic mass is 79.9. The summed E-state index contributed by atoms with van der Waals surface area (Å²) in [5, 5.41) is 0. The van der Waals surface area contributed by atoms with Crippen molar-refractivity contribution in [3.05, 3.63) is 0 Å². The van der Waals surface area contributed by atoms with Crippen LogP contribution in [-0.2, 0) is 0 Å². The van der Waals surface area contributed by atoms with Gasteiger partial charge >= 0.3 is 0 Å². The Morgan fingerprint density at radius 3 is 1.29 bits per heavy atom. The van der Waals surface area contributed by atoms with Crippen molar-refractivity contribution in [3.8, 4) is 0 Å². The van der Waals surface area contributed by atoms with Crippen molar-refractivity contribution in [1.82, 2.24) is 19.6 Å². The minimum atomic E-state index is 0. The van der Waals surface area contributed by atoms with Crippen LogP contribution in [0.5, 0.6) is 0 Å². The Hall–Kier alpha value is -0.180. The molecule has 6 nitrogen and oxygen atoms in total. The molecule has 4 bridgehead atoms. The molecule has 180 valence electrons. The maximum Gasteiger partial charge on any atom is 0.234 e. The minimum absolute atomic E-state index is 0. The van der Waals surface area contributed by atoms with Crippen LogP contribution >= 0.6 is 0 Å². The Morgan fingerprint density at radius 1 is 0.484 bits per heavy atom. The van der Waals surface area contributed by atoms with Crippen molar-refractivity contribution < 1.29 is 43.1 Å². The van der Waals surface area contributed by atoms with Crippen LogP contribution in [0.3, 0.4) is 0 Å². The minimum Gasteiger partial charge on any atom is -1.00 e. The second kappa shape index (κ2) is 14.9. The van der Waals surface area contributed by atoms with Gasteiger partial charge in [-0.2, -0.15) is 0 Å². The molecule has 0 saturated carbocycles. The fraction of sp³-hybridized carbons (Fsp3) is 0.913. The van der Waals surface area contributed by atoms with Crippen LogP contribution in [0.4, 0.5) is 0 Å². The molecule has 0 unspecified atom stereocenters. The van der Waals surface area contributed by atoms with Crippen LogP contribution in [0.15, 0.2) is 0 Å². The smallest absolute Gasteiger partial charge is 0.234 e. The lowest BCUT2D eigenvalue weighted by molar-refractivity contribution is -0.534. The van der Waals surface area contributed by atoms with Crippen molar-refractivity contribution >= 4 is 12.7 Å². The number of nitrogens with zero attached hydrogens (tertiary/aromatic N) is 6. The summed E-state index contributed by atoms with van der Waals surface area (Å²) >= 11 is 0. The van der Waals surface area contributed by atoms with Gasteiger partial charge in [0.2, 0.25) is 12.7 Å². The SMILES string of the molecule is C1=[N+]2CCCN1CCCN(CCCN1CCCN3C=[N+](CCC3)CCC1)CCC2.[Br-].[Br-]. The predicted molar refractivity (Wildman–Crippen MR) is 120 cm³/mol. The van der Waals surface area contributed by atoms with E-state index in [4.69, 9.17) is 0 Å². The van der Waals surface area contributed by atoms with Gasteiger partial charge in [-0.3, -0.25) is 19.0 Å². The van der Waals surface area contributed by atoms with E-state index in [9.17, 15) is 0 Å². The molecule has 8 heteroatoms. The number of hydrogen-bond acceptors (Lipinski definition) is 4. The lowest BCUT2D eigenvalue weighted by atomic mass is 10.2. The van der Waals surface area contributed by atoms with Crippen LogP contribution in [0.1, 0.15) is 44.9 Å². The van der Waals surface area contributed by atoms with Crippen molar-refractivity contribution in [2.45, 2.75) is 44.9 Å². The van der Waals surface area contributed by atoms with Gasteiger partial charge in [-0.1, -0.05) is 0 Å². The van der Waals surface area contributed by atoms with Gasteiger partial charge in [-0.15, -0.1) is 0 Å². The summed E-state index contributed by atoms with van der Waals surface area (Å²) in [6.07, 6.45) is 14.1. The zero-order valence-electron chi connectivity index (χ0n) is 19.4. The zero-order valence-corrected chi connectivity index (χ0v) is 22.6. The molecular formula is C23H44Br2N6. The molecule has 4 aliphatic rings. The van der Waals surface area contributed by atoms with Gasteiger partial charge in [0.25, 0.3) is 0 Å². The molecule has 0 amide bonds. The van der Waals surface area contributed by atoms with Gasteiger partial charge in [-0.05, 0) is 45.2 Å². The van der Waals surface area contributed by atoms with E-state index < -0.39 is 0 Å². The van der Waals surface area contributed by atoms with Crippen molar-refractivity contribution in [1.29, 1.82) is 0 Å². The zero-order chi connectivity index (χ0) is 19.7. The third-order valence-corrected chi connectivity index (χ3v) is 7.06. The first kappa shape index (κ1) is 27.1. The second-order valence-corrected chi connectivity index (χ2v) is 9.53. The van der Waals surface area contributed by atoms with Gasteiger partial charge < -0.3 is 43.8 Å². The van der Waals surface area contributed by atoms with E-state index in [1.807, 2.05) is 0 Å². The number of hydrogen-bond donors (Lipinski definition) is 0. The van der Waals surface area contributed by atoms with E-state index in [0.717, 1.165) is 0 Å². The van der Waals surface area contributed by atoms with Gasteiger partial charge in [0.15, 0.2) is 0 Å². The molecule has 4 rings (SSSR count). The Labute approximate surface area is 211 Å². The molecule has 0 saturated heterocycles. The highest BCUT2D eigenvalue weighted by molar-refractivity contribution is 5.49. The van der Waals surface area contributed by atoms with Crippen LogP contribution in [0.25, 0.3) is 0 Å². The Bertz CT molecular complexity index is 522. The summed E-state index contributed by atoms with van der Waals surface area (Å²) in [5.74, 6) is 0. The Balaban J connectivity index is 0.00000171. The molecule has 0 fully saturated rings. The molecule has 0 spiro atoms. The van der Waals surface area contributed by atoms with Gasteiger partial charge in [0.05, 0.1) is 52.4 Å². The van der Waals surface area contributed by atoms with E-state index in [1.54, 1.807) is 0 Å². The summed E-state index contributed by atoms with van der Waals surface area (Å²) in [6.45, 7) is 17.7. The molecule has 0 aliphatic carbocycles. The normalized spacial score (nSPS) is 24.3. The van der Waals surface area contributed by atoms with Crippen LogP contribution in [0.2, 0.25) is 0 Å². The topological polar surface area (TPSA) is 19.0 Å². The number of halogens is 2. The van der Waals surface area contributed by atoms with E-state index in [-0.39, 0.29) is 34.0 Å². The largest absolute Gasteiger partial charge is 1.00 e. The first-order valence-corrected chi connectivity index (χ1v) is 12.5. The van der Waals surface area contributed by atoms with E-state index in [2.05, 4.69) is 41.4 Å². The first-order valence-electron chi connectivity index (χ1n) is 12.5. The molecular weight excluding hydrogens is 520 g/mol. The van der Waals surface area contributed by atoms with Crippen molar-refractivity contribution in [2.24, 2.45) is 0 Å². The van der Waals surface area contributed by atoms with Crippen LogP contribution < -0.4 is 34.0 Å². The summed E-state index contributed by atoms with van der Waals surface area (Å²) in [4.78, 5) is 10.6. The van der Waals surface area contributed by atoms with E-state index in [0.29, 0.717) is 0 Å². The molecule has 4 heterocycles. The monoisotopic (exact) mass is 562 g/mol. The maximum absolute atomic E-state index is 2.75. The van der Waals surface area contributed by atoms with Gasteiger partial charge in [0.1, 0.15) is 0 Å². The molecule has 0 atom stereocenters. The Morgan fingerprint density at radius 2 is 0.839 bits per heavy atom. The standard InChI is InChI=1S/C23H44N6.2BrH/c1(8-24-10-2-14-26-18-6-19-27(22-26)15-3-11-24)9-25-12-4-16-28-20-7-21-29(23-28)17-5-13-25;;/h22-23H,1-21H2;2*1H/q+2;;/p-2. The second-order valence-electron chi connectivity index (χ2n) is 9.53. The average Bonchev–Trinajstić information content (AvgIpc) is 2.73. The lowest BCUT2D eigenvalue weighted by Gasteiger charge is -2.29. The highest BCUT2D eigenvalue weighted by Gasteiger charge is 2.20. The van der Waals surface area contributed by atoms with Crippen molar-refractivity contribution in [2.75, 3.05) is 91.6 Å². The summed E-state index contributed by atoms with van der Waals surface area (Å²) in [6, 6.07) is 0. The first-order chi connectivity index (χ1) is 14.3. The molecule has 0 aromatic rings.